The summed E-state index contributed by atoms with van der Waals surface area (Å²) in [6.45, 7) is 23.1. The number of anilines is 9. The minimum Gasteiger partial charge on any atom is -0.355 e. The molecule has 0 aliphatic rings. The molecule has 5 heteroatoms. The Bertz CT molecular complexity index is 2850. The van der Waals surface area contributed by atoms with Gasteiger partial charge in [0.05, 0.1) is 5.69 Å². The molecule has 0 radical (unpaired) electrons. The maximum Gasteiger partial charge on any atom is 0.0647 e. The summed E-state index contributed by atoms with van der Waals surface area (Å²) in [5.41, 5.74) is 15.6. The van der Waals surface area contributed by atoms with Crippen LogP contribution in [0.4, 0.5) is 51.2 Å². The van der Waals surface area contributed by atoms with Crippen LogP contribution in [0.5, 0.6) is 0 Å². The minimum absolute atomic E-state index is 0.0218. The van der Waals surface area contributed by atoms with Gasteiger partial charge in [0.2, 0.25) is 0 Å². The van der Waals surface area contributed by atoms with Gasteiger partial charge in [0, 0.05) is 61.0 Å². The zero-order valence-corrected chi connectivity index (χ0v) is 41.5. The lowest BCUT2D eigenvalue weighted by molar-refractivity contribution is 0.392. The van der Waals surface area contributed by atoms with E-state index in [4.69, 9.17) is 0 Å². The maximum absolute atomic E-state index is 3.68. The molecule has 0 saturated carbocycles. The van der Waals surface area contributed by atoms with Crippen LogP contribution in [-0.4, -0.2) is 0 Å². The molecule has 0 bridgehead atoms. The summed E-state index contributed by atoms with van der Waals surface area (Å²) in [4.78, 5) is 2.41. The molecule has 4 nitrogen and oxygen atoms in total. The Kier molecular flexibility index (Phi) is 13.2. The van der Waals surface area contributed by atoms with E-state index in [1.165, 1.54) is 38.0 Å². The molecule has 1 aromatic heterocycles. The van der Waals surface area contributed by atoms with Crippen molar-refractivity contribution >= 4 is 72.6 Å². The number of hydrogen-bond donors (Lipinski definition) is 3. The van der Waals surface area contributed by atoms with Gasteiger partial charge >= 0.3 is 0 Å². The second kappa shape index (κ2) is 18.9. The quantitative estimate of drug-likeness (QED) is 0.0959. The zero-order chi connectivity index (χ0) is 46.7. The first-order valence-electron chi connectivity index (χ1n) is 23.6. The third kappa shape index (κ3) is 11.0. The fourth-order valence-corrected chi connectivity index (χ4v) is 9.82. The van der Waals surface area contributed by atoms with Crippen LogP contribution in [0.25, 0.3) is 10.1 Å². The summed E-state index contributed by atoms with van der Waals surface area (Å²) in [6, 6.07) is 61.9. The number of thiophene rings is 1. The second-order valence-electron chi connectivity index (χ2n) is 21.4. The van der Waals surface area contributed by atoms with E-state index < -0.39 is 0 Å². The lowest BCUT2D eigenvalue weighted by Crippen LogP contribution is -2.21. The first-order valence-corrected chi connectivity index (χ1v) is 24.5. The minimum atomic E-state index is 0.0218. The molecule has 66 heavy (non-hydrogen) atoms. The SMILES string of the molecule is CC(C)(C)c1ccc(Nc2cccc(Nc3ccc(C(C)(C)CCCC(C)(C)c4ccc(N(c5cccc(Nc6ccc(C(C)(C)C)cc6)c5)c5csc6ccccc56)cc4)cc3)c2)cc1. The van der Waals surface area contributed by atoms with E-state index in [2.05, 4.69) is 265 Å². The number of fused-ring (bicyclic) bond motifs is 1. The lowest BCUT2D eigenvalue weighted by Gasteiger charge is -2.31. The molecule has 7 aromatic carbocycles. The van der Waals surface area contributed by atoms with Crippen LogP contribution in [-0.2, 0) is 21.7 Å². The normalized spacial score (nSPS) is 12.3. The van der Waals surface area contributed by atoms with Gasteiger partial charge in [-0.2, -0.15) is 0 Å². The van der Waals surface area contributed by atoms with E-state index in [1.807, 2.05) is 0 Å². The van der Waals surface area contributed by atoms with E-state index in [1.54, 1.807) is 11.3 Å². The highest BCUT2D eigenvalue weighted by molar-refractivity contribution is 7.17. The first kappa shape index (κ1) is 46.2. The third-order valence-electron chi connectivity index (χ3n) is 13.2. The van der Waals surface area contributed by atoms with Crippen molar-refractivity contribution in [3.63, 3.8) is 0 Å². The van der Waals surface area contributed by atoms with Crippen LogP contribution in [0.1, 0.15) is 111 Å². The Balaban J connectivity index is 0.916. The van der Waals surface area contributed by atoms with Gasteiger partial charge in [0.1, 0.15) is 0 Å². The van der Waals surface area contributed by atoms with Crippen molar-refractivity contribution in [1.29, 1.82) is 0 Å². The molecule has 0 fully saturated rings. The van der Waals surface area contributed by atoms with Crippen LogP contribution >= 0.6 is 11.3 Å². The van der Waals surface area contributed by atoms with E-state index in [9.17, 15) is 0 Å². The molecule has 8 rings (SSSR count). The molecule has 8 aromatic rings. The second-order valence-corrected chi connectivity index (χ2v) is 22.3. The van der Waals surface area contributed by atoms with Crippen LogP contribution < -0.4 is 20.9 Å². The third-order valence-corrected chi connectivity index (χ3v) is 14.2. The molecular formula is C61H68N4S. The predicted molar refractivity (Wildman–Crippen MR) is 289 cm³/mol. The number of benzene rings is 7. The Morgan fingerprint density at radius 1 is 0.394 bits per heavy atom. The topological polar surface area (TPSA) is 39.3 Å². The van der Waals surface area contributed by atoms with Gasteiger partial charge < -0.3 is 20.9 Å². The number of nitrogens with one attached hydrogen (secondary N) is 3. The van der Waals surface area contributed by atoms with Crippen LogP contribution in [0.15, 0.2) is 175 Å². The lowest BCUT2D eigenvalue weighted by atomic mass is 9.75. The fourth-order valence-electron chi connectivity index (χ4n) is 8.90. The molecule has 0 unspecified atom stereocenters. The number of rotatable bonds is 15. The highest BCUT2D eigenvalue weighted by atomic mass is 32.1. The number of hydrogen-bond acceptors (Lipinski definition) is 5. The summed E-state index contributed by atoms with van der Waals surface area (Å²) in [5, 5.41) is 14.4. The number of nitrogens with zero attached hydrogens (tertiary/aromatic N) is 1. The largest absolute Gasteiger partial charge is 0.355 e. The van der Waals surface area contributed by atoms with Gasteiger partial charge in [-0.15, -0.1) is 11.3 Å². The molecule has 0 aliphatic heterocycles. The monoisotopic (exact) mass is 889 g/mol. The van der Waals surface area contributed by atoms with Gasteiger partial charge in [-0.1, -0.05) is 155 Å². The van der Waals surface area contributed by atoms with E-state index in [0.29, 0.717) is 0 Å². The molecule has 338 valence electrons. The summed E-state index contributed by atoms with van der Waals surface area (Å²) in [6.07, 6.45) is 3.34. The van der Waals surface area contributed by atoms with E-state index in [0.717, 1.165) is 64.8 Å². The first-order chi connectivity index (χ1) is 31.4. The van der Waals surface area contributed by atoms with Gasteiger partial charge in [0.15, 0.2) is 0 Å². The molecule has 0 amide bonds. The van der Waals surface area contributed by atoms with Crippen LogP contribution in [0.3, 0.4) is 0 Å². The Labute approximate surface area is 399 Å². The van der Waals surface area contributed by atoms with Crippen molar-refractivity contribution in [2.45, 2.75) is 110 Å². The van der Waals surface area contributed by atoms with Crippen molar-refractivity contribution in [3.8, 4) is 0 Å². The van der Waals surface area contributed by atoms with Crippen molar-refractivity contribution < 1.29 is 0 Å². The summed E-state index contributed by atoms with van der Waals surface area (Å²) >= 11 is 1.80. The maximum atomic E-state index is 3.68. The summed E-state index contributed by atoms with van der Waals surface area (Å²) < 4.78 is 1.28. The Hall–Kier alpha value is -6.30. The Morgan fingerprint density at radius 2 is 0.818 bits per heavy atom. The standard InChI is InChI=1S/C61H68N4S/c1-58(2,3)43-22-30-47(31-23-43)62-50-16-13-17-51(40-50)63-49-34-26-45(27-35-49)60(7,8)38-15-39-61(9,10)46-28-36-53(37-29-46)65(56-42-66-57-21-12-11-20-55(56)57)54-19-14-18-52(41-54)64-48-32-24-44(25-33-48)59(4,5)6/h11-14,16-37,40-42,62-64H,15,38-39H2,1-10H3. The molecule has 0 saturated heterocycles. The van der Waals surface area contributed by atoms with Gasteiger partial charge in [-0.25, -0.2) is 0 Å². The average molecular weight is 889 g/mol. The van der Waals surface area contributed by atoms with E-state index >= 15 is 0 Å². The average Bonchev–Trinajstić information content (AvgIpc) is 3.70. The van der Waals surface area contributed by atoms with E-state index in [-0.39, 0.29) is 21.7 Å². The Morgan fingerprint density at radius 3 is 1.30 bits per heavy atom. The summed E-state index contributed by atoms with van der Waals surface area (Å²) in [7, 11) is 0. The van der Waals surface area contributed by atoms with Gasteiger partial charge in [-0.3, -0.25) is 0 Å². The van der Waals surface area contributed by atoms with Crippen LogP contribution in [0.2, 0.25) is 0 Å². The molecule has 1 heterocycles. The smallest absolute Gasteiger partial charge is 0.0647 e. The predicted octanol–water partition coefficient (Wildman–Crippen LogP) is 18.6. The van der Waals surface area contributed by atoms with Crippen molar-refractivity contribution in [2.24, 2.45) is 0 Å². The molecule has 0 aliphatic carbocycles. The zero-order valence-electron chi connectivity index (χ0n) is 40.7. The highest BCUT2D eigenvalue weighted by Gasteiger charge is 2.26. The summed E-state index contributed by atoms with van der Waals surface area (Å²) in [5.74, 6) is 0. The van der Waals surface area contributed by atoms with Crippen molar-refractivity contribution in [2.75, 3.05) is 20.9 Å². The molecule has 3 N–H and O–H groups in total. The van der Waals surface area contributed by atoms with Gasteiger partial charge in [0.25, 0.3) is 0 Å². The highest BCUT2D eigenvalue weighted by Crippen LogP contribution is 2.44. The van der Waals surface area contributed by atoms with Gasteiger partial charge in [-0.05, 0) is 148 Å². The van der Waals surface area contributed by atoms with Crippen LogP contribution in [0, 0.1) is 0 Å². The van der Waals surface area contributed by atoms with Crippen molar-refractivity contribution in [1.82, 2.24) is 0 Å². The molecule has 0 atom stereocenters. The molecule has 0 spiro atoms. The fraction of sp³-hybridized carbons (Fsp3) is 0.279. The molecular weight excluding hydrogens is 821 g/mol. The van der Waals surface area contributed by atoms with Crippen molar-refractivity contribution in [3.05, 3.63) is 197 Å².